The number of carbonyl (C=O) groups is 1. The normalized spacial score (nSPS) is 13.4. The highest BCUT2D eigenvalue weighted by molar-refractivity contribution is 9.10. The van der Waals surface area contributed by atoms with Crippen LogP contribution in [-0.4, -0.2) is 31.7 Å². The van der Waals surface area contributed by atoms with Crippen molar-refractivity contribution in [3.63, 3.8) is 0 Å². The molecule has 24 heavy (non-hydrogen) atoms. The number of hydrogen-bond acceptors (Lipinski definition) is 7. The first-order valence-electron chi connectivity index (χ1n) is 6.33. The van der Waals surface area contributed by atoms with Crippen molar-refractivity contribution in [3.05, 3.63) is 39.8 Å². The third-order valence-electron chi connectivity index (χ3n) is 2.98. The molecule has 0 bridgehead atoms. The number of nitrogen functional groups attached to an aromatic ring is 1. The molecular weight excluding hydrogens is 395 g/mol. The number of hydrogen-bond donors (Lipinski definition) is 2. The fourth-order valence-corrected chi connectivity index (χ4v) is 2.44. The Morgan fingerprint density at radius 3 is 2.67 bits per heavy atom. The number of amidine groups is 1. The lowest BCUT2D eigenvalue weighted by molar-refractivity contribution is -0.142. The van der Waals surface area contributed by atoms with E-state index in [-0.39, 0.29) is 12.4 Å². The molecule has 1 amide bonds. The van der Waals surface area contributed by atoms with Gasteiger partial charge in [-0.25, -0.2) is 15.0 Å². The molecule has 124 valence electrons. The fourth-order valence-electron chi connectivity index (χ4n) is 1.95. The van der Waals surface area contributed by atoms with Gasteiger partial charge in [0.2, 0.25) is 0 Å². The number of carbonyl (C=O) groups excluding carboxylic acids is 1. The van der Waals surface area contributed by atoms with Crippen LogP contribution in [0.15, 0.2) is 22.0 Å². The maximum atomic E-state index is 12.7. The molecule has 1 aliphatic heterocycles. The summed E-state index contributed by atoms with van der Waals surface area (Å²) in [6.45, 7) is 0.233. The molecule has 3 rings (SSSR count). The number of nitrogens with two attached hydrogens (primary N) is 1. The van der Waals surface area contributed by atoms with Crippen molar-refractivity contribution in [2.45, 2.75) is 12.7 Å². The Hall–Kier alpha value is -2.63. The molecule has 0 saturated carbocycles. The van der Waals surface area contributed by atoms with Crippen LogP contribution in [0.3, 0.4) is 0 Å². The van der Waals surface area contributed by atoms with Crippen molar-refractivity contribution >= 4 is 33.5 Å². The molecule has 12 heteroatoms. The Kier molecular flexibility index (Phi) is 3.91. The summed E-state index contributed by atoms with van der Waals surface area (Å²) in [5.41, 5.74) is 4.60. The van der Waals surface area contributed by atoms with Crippen molar-refractivity contribution < 1.29 is 18.0 Å². The first-order valence-corrected chi connectivity index (χ1v) is 7.13. The minimum Gasteiger partial charge on any atom is -0.382 e. The Labute approximate surface area is 140 Å². The molecule has 0 unspecified atom stereocenters. The van der Waals surface area contributed by atoms with E-state index in [0.29, 0.717) is 11.4 Å². The van der Waals surface area contributed by atoms with Gasteiger partial charge in [-0.15, -0.1) is 0 Å². The number of alkyl halides is 3. The largest absolute Gasteiger partial charge is 0.436 e. The van der Waals surface area contributed by atoms with Crippen LogP contribution in [0.25, 0.3) is 0 Å². The number of nitrogens with one attached hydrogen (secondary N) is 1. The summed E-state index contributed by atoms with van der Waals surface area (Å²) < 4.78 is 37.6. The second kappa shape index (κ2) is 5.78. The Balaban J connectivity index is 1.88. The predicted molar refractivity (Wildman–Crippen MR) is 78.9 cm³/mol. The Bertz CT molecular complexity index is 868. The molecule has 0 aromatic carbocycles. The molecule has 3 heterocycles. The summed E-state index contributed by atoms with van der Waals surface area (Å²) in [6.07, 6.45) is -1.84. The van der Waals surface area contributed by atoms with E-state index in [0.717, 1.165) is 0 Å². The van der Waals surface area contributed by atoms with Gasteiger partial charge in [0.1, 0.15) is 10.3 Å². The summed E-state index contributed by atoms with van der Waals surface area (Å²) in [7, 11) is 0. The number of amides is 1. The summed E-state index contributed by atoms with van der Waals surface area (Å²) >= 11 is 2.64. The predicted octanol–water partition coefficient (Wildman–Crippen LogP) is 1.32. The fraction of sp³-hybridized carbons (Fsp3) is 0.167. The molecule has 0 atom stereocenters. The minimum absolute atomic E-state index is 0.139. The van der Waals surface area contributed by atoms with Gasteiger partial charge in [-0.3, -0.25) is 14.8 Å². The van der Waals surface area contributed by atoms with Gasteiger partial charge >= 0.3 is 6.18 Å². The van der Waals surface area contributed by atoms with Crippen molar-refractivity contribution in [3.8, 4) is 0 Å². The van der Waals surface area contributed by atoms with Gasteiger partial charge in [-0.05, 0) is 15.9 Å². The van der Waals surface area contributed by atoms with Crippen LogP contribution >= 0.6 is 15.9 Å². The lowest BCUT2D eigenvalue weighted by atomic mass is 10.3. The molecule has 0 aliphatic carbocycles. The van der Waals surface area contributed by atoms with Crippen LogP contribution in [0.4, 0.5) is 19.0 Å². The molecule has 0 spiro atoms. The zero-order valence-electron chi connectivity index (χ0n) is 11.6. The molecule has 2 aromatic heterocycles. The third kappa shape index (κ3) is 2.91. The quantitative estimate of drug-likeness (QED) is 0.743. The average molecular weight is 402 g/mol. The smallest absolute Gasteiger partial charge is 0.382 e. The van der Waals surface area contributed by atoms with Crippen LogP contribution in [0.2, 0.25) is 0 Å². The zero-order chi connectivity index (χ0) is 17.5. The van der Waals surface area contributed by atoms with Gasteiger partial charge in [0.25, 0.3) is 5.91 Å². The van der Waals surface area contributed by atoms with E-state index in [9.17, 15) is 18.0 Å². The zero-order valence-corrected chi connectivity index (χ0v) is 13.2. The topological polar surface area (TPSA) is 119 Å². The maximum Gasteiger partial charge on any atom is 0.436 e. The monoisotopic (exact) mass is 401 g/mol. The third-order valence-corrected chi connectivity index (χ3v) is 3.53. The van der Waals surface area contributed by atoms with Crippen LogP contribution in [0.5, 0.6) is 0 Å². The van der Waals surface area contributed by atoms with E-state index < -0.39 is 33.9 Å². The summed E-state index contributed by atoms with van der Waals surface area (Å²) in [5.74, 6) is -1.37. The number of fused-ring (bicyclic) bond motifs is 1. The van der Waals surface area contributed by atoms with E-state index in [2.05, 4.69) is 46.2 Å². The molecule has 1 aliphatic rings. The highest BCUT2D eigenvalue weighted by Gasteiger charge is 2.37. The lowest BCUT2D eigenvalue weighted by Gasteiger charge is -2.11. The maximum absolute atomic E-state index is 12.7. The van der Waals surface area contributed by atoms with E-state index in [1.54, 1.807) is 0 Å². The van der Waals surface area contributed by atoms with Crippen molar-refractivity contribution in [2.75, 3.05) is 5.73 Å². The van der Waals surface area contributed by atoms with Crippen molar-refractivity contribution in [2.24, 2.45) is 4.99 Å². The van der Waals surface area contributed by atoms with E-state index in [1.165, 1.54) is 12.4 Å². The van der Waals surface area contributed by atoms with Crippen molar-refractivity contribution in [1.82, 2.24) is 25.3 Å². The van der Waals surface area contributed by atoms with Gasteiger partial charge in [-0.1, -0.05) is 0 Å². The SMILES string of the molecule is Nc1nc(C(F)(F)F)c(Br)nc1C(=O)NC1=NCc2nccnc21. The van der Waals surface area contributed by atoms with Gasteiger partial charge < -0.3 is 11.1 Å². The van der Waals surface area contributed by atoms with Gasteiger partial charge in [0, 0.05) is 12.4 Å². The molecule has 8 nitrogen and oxygen atoms in total. The number of anilines is 1. The summed E-state index contributed by atoms with van der Waals surface area (Å²) in [6, 6.07) is 0. The highest BCUT2D eigenvalue weighted by Crippen LogP contribution is 2.33. The molecular formula is C12H7BrF3N7O. The lowest BCUT2D eigenvalue weighted by Crippen LogP contribution is -2.33. The highest BCUT2D eigenvalue weighted by atomic mass is 79.9. The van der Waals surface area contributed by atoms with E-state index in [4.69, 9.17) is 5.73 Å². The first kappa shape index (κ1) is 16.2. The number of rotatable bonds is 1. The minimum atomic E-state index is -4.75. The number of nitrogens with zero attached hydrogens (tertiary/aromatic N) is 5. The van der Waals surface area contributed by atoms with Crippen LogP contribution in [0, 0.1) is 0 Å². The molecule has 0 saturated heterocycles. The van der Waals surface area contributed by atoms with Gasteiger partial charge in [-0.2, -0.15) is 13.2 Å². The Morgan fingerprint density at radius 2 is 1.96 bits per heavy atom. The van der Waals surface area contributed by atoms with E-state index >= 15 is 0 Å². The molecule has 3 N–H and O–H groups in total. The first-order chi connectivity index (χ1) is 11.3. The number of aliphatic imine (C=N–C) groups is 1. The average Bonchev–Trinajstić information content (AvgIpc) is 2.91. The Morgan fingerprint density at radius 1 is 1.25 bits per heavy atom. The molecule has 2 aromatic rings. The standard InChI is InChI=1S/C12H7BrF3N7O/c13-8-7(12(14,15)16)22-9(17)6(21-8)11(24)23-10-5-4(3-20-10)18-1-2-19-5/h1-2H,3H2,(H2,17,22)(H,20,23,24). The second-order valence-corrected chi connectivity index (χ2v) is 5.32. The van der Waals surface area contributed by atoms with Crippen LogP contribution in [0.1, 0.15) is 27.6 Å². The number of halogens is 4. The number of aromatic nitrogens is 4. The second-order valence-electron chi connectivity index (χ2n) is 4.57. The van der Waals surface area contributed by atoms with Crippen molar-refractivity contribution in [1.29, 1.82) is 0 Å². The van der Waals surface area contributed by atoms with Gasteiger partial charge in [0.15, 0.2) is 23.0 Å². The molecule has 0 fully saturated rings. The summed E-state index contributed by atoms with van der Waals surface area (Å²) in [5, 5.41) is 2.40. The van der Waals surface area contributed by atoms with Gasteiger partial charge in [0.05, 0.1) is 12.2 Å². The van der Waals surface area contributed by atoms with Crippen LogP contribution in [-0.2, 0) is 12.7 Å². The van der Waals surface area contributed by atoms with Crippen LogP contribution < -0.4 is 11.1 Å². The molecule has 0 radical (unpaired) electrons. The summed E-state index contributed by atoms with van der Waals surface area (Å²) in [4.78, 5) is 31.1. The van der Waals surface area contributed by atoms with E-state index in [1.807, 2.05) is 0 Å².